The lowest BCUT2D eigenvalue weighted by molar-refractivity contribution is 1.42. The molecule has 1 rings (SSSR count). The fourth-order valence-electron chi connectivity index (χ4n) is 0.718. The fraction of sp³-hybridized carbons (Fsp3) is 0. The molecule has 0 fully saturated rings. The van der Waals surface area contributed by atoms with Gasteiger partial charge in [-0.05, 0) is 12.1 Å². The summed E-state index contributed by atoms with van der Waals surface area (Å²) >= 11 is 11.5. The van der Waals surface area contributed by atoms with Gasteiger partial charge in [-0.25, -0.2) is 4.99 Å². The summed E-state index contributed by atoms with van der Waals surface area (Å²) in [4.78, 5) is 3.78. The molecule has 0 aromatic heterocycles. The van der Waals surface area contributed by atoms with Crippen LogP contribution in [0.15, 0.2) is 23.2 Å². The minimum atomic E-state index is -0.0424. The standard InChI is InChI=1S/C7H7Cl2N3/c8-4-2-1-3-5(6(4)9)12-7(10)11/h1-3H,(H4,10,11,12). The number of benzene rings is 1. The largest absolute Gasteiger partial charge is 0.370 e. The lowest BCUT2D eigenvalue weighted by Crippen LogP contribution is -2.21. The predicted molar refractivity (Wildman–Crippen MR) is 51.9 cm³/mol. The van der Waals surface area contributed by atoms with Crippen LogP contribution in [0, 0.1) is 0 Å². The number of guanidine groups is 1. The Morgan fingerprint density at radius 2 is 1.92 bits per heavy atom. The Hall–Kier alpha value is -0.930. The average Bonchev–Trinajstić information content (AvgIpc) is 1.98. The van der Waals surface area contributed by atoms with Gasteiger partial charge in [0, 0.05) is 0 Å². The molecule has 0 unspecified atom stereocenters. The first-order valence-electron chi connectivity index (χ1n) is 3.15. The molecule has 0 bridgehead atoms. The summed E-state index contributed by atoms with van der Waals surface area (Å²) in [6.45, 7) is 0. The number of halogens is 2. The van der Waals surface area contributed by atoms with Crippen LogP contribution in [0.3, 0.4) is 0 Å². The Balaban J connectivity index is 3.17. The molecule has 0 saturated carbocycles. The highest BCUT2D eigenvalue weighted by molar-refractivity contribution is 6.43. The van der Waals surface area contributed by atoms with Crippen molar-refractivity contribution in [1.29, 1.82) is 0 Å². The first kappa shape index (κ1) is 9.16. The Kier molecular flexibility index (Phi) is 2.78. The summed E-state index contributed by atoms with van der Waals surface area (Å²) in [5.41, 5.74) is 10.8. The molecule has 0 aliphatic carbocycles. The zero-order valence-corrected chi connectivity index (χ0v) is 7.60. The van der Waals surface area contributed by atoms with Gasteiger partial charge in [0.2, 0.25) is 0 Å². The second kappa shape index (κ2) is 3.65. The van der Waals surface area contributed by atoms with Crippen molar-refractivity contribution >= 4 is 34.8 Å². The van der Waals surface area contributed by atoms with Crippen LogP contribution >= 0.6 is 23.2 Å². The van der Waals surface area contributed by atoms with Gasteiger partial charge in [0.05, 0.1) is 15.7 Å². The van der Waals surface area contributed by atoms with Crippen LogP contribution in [0.4, 0.5) is 5.69 Å². The number of nitrogens with zero attached hydrogens (tertiary/aromatic N) is 1. The minimum Gasteiger partial charge on any atom is -0.370 e. The Morgan fingerprint density at radius 1 is 1.25 bits per heavy atom. The molecule has 64 valence electrons. The molecule has 12 heavy (non-hydrogen) atoms. The molecular formula is C7H7Cl2N3. The van der Waals surface area contributed by atoms with Crippen molar-refractivity contribution in [3.05, 3.63) is 28.2 Å². The highest BCUT2D eigenvalue weighted by Crippen LogP contribution is 2.31. The van der Waals surface area contributed by atoms with E-state index in [2.05, 4.69) is 4.99 Å². The lowest BCUT2D eigenvalue weighted by atomic mass is 10.3. The molecule has 0 spiro atoms. The molecule has 4 N–H and O–H groups in total. The molecule has 0 atom stereocenters. The Morgan fingerprint density at radius 3 is 2.50 bits per heavy atom. The zero-order valence-electron chi connectivity index (χ0n) is 6.09. The van der Waals surface area contributed by atoms with E-state index in [9.17, 15) is 0 Å². The molecule has 0 saturated heterocycles. The van der Waals surface area contributed by atoms with Crippen LogP contribution in [0.25, 0.3) is 0 Å². The highest BCUT2D eigenvalue weighted by Gasteiger charge is 2.01. The van der Waals surface area contributed by atoms with E-state index in [0.29, 0.717) is 15.7 Å². The first-order chi connectivity index (χ1) is 5.61. The predicted octanol–water partition coefficient (Wildman–Crippen LogP) is 1.90. The normalized spacial score (nSPS) is 9.50. The number of hydrogen-bond donors (Lipinski definition) is 2. The molecule has 3 nitrogen and oxygen atoms in total. The molecular weight excluding hydrogens is 197 g/mol. The van der Waals surface area contributed by atoms with Gasteiger partial charge in [0.1, 0.15) is 0 Å². The monoisotopic (exact) mass is 203 g/mol. The number of nitrogens with two attached hydrogens (primary N) is 2. The number of aliphatic imine (C=N–C) groups is 1. The molecule has 0 aliphatic rings. The summed E-state index contributed by atoms with van der Waals surface area (Å²) in [6, 6.07) is 5.06. The van der Waals surface area contributed by atoms with Gasteiger partial charge in [-0.3, -0.25) is 0 Å². The summed E-state index contributed by atoms with van der Waals surface area (Å²) in [7, 11) is 0. The number of hydrogen-bond acceptors (Lipinski definition) is 1. The van der Waals surface area contributed by atoms with Gasteiger partial charge in [0.25, 0.3) is 0 Å². The summed E-state index contributed by atoms with van der Waals surface area (Å²) in [5, 5.41) is 0.784. The average molecular weight is 204 g/mol. The summed E-state index contributed by atoms with van der Waals surface area (Å²) in [6.07, 6.45) is 0. The van der Waals surface area contributed by atoms with Crippen molar-refractivity contribution in [1.82, 2.24) is 0 Å². The minimum absolute atomic E-state index is 0.0424. The van der Waals surface area contributed by atoms with Crippen molar-refractivity contribution in [3.8, 4) is 0 Å². The zero-order chi connectivity index (χ0) is 9.14. The smallest absolute Gasteiger partial charge is 0.191 e. The fourth-order valence-corrected chi connectivity index (χ4v) is 1.06. The van der Waals surface area contributed by atoms with E-state index >= 15 is 0 Å². The second-order valence-corrected chi connectivity index (χ2v) is 2.89. The van der Waals surface area contributed by atoms with E-state index < -0.39 is 0 Å². The van der Waals surface area contributed by atoms with E-state index in [-0.39, 0.29) is 5.96 Å². The highest BCUT2D eigenvalue weighted by atomic mass is 35.5. The lowest BCUT2D eigenvalue weighted by Gasteiger charge is -1.99. The van der Waals surface area contributed by atoms with Crippen LogP contribution in [-0.4, -0.2) is 5.96 Å². The summed E-state index contributed by atoms with van der Waals surface area (Å²) < 4.78 is 0. The van der Waals surface area contributed by atoms with Gasteiger partial charge in [-0.15, -0.1) is 0 Å². The van der Waals surface area contributed by atoms with Crippen LogP contribution in [0.1, 0.15) is 0 Å². The maximum Gasteiger partial charge on any atom is 0.191 e. The molecule has 0 aliphatic heterocycles. The van der Waals surface area contributed by atoms with Crippen molar-refractivity contribution in [2.45, 2.75) is 0 Å². The SMILES string of the molecule is NC(N)=Nc1cccc(Cl)c1Cl. The molecule has 0 radical (unpaired) electrons. The van der Waals surface area contributed by atoms with E-state index in [4.69, 9.17) is 34.7 Å². The molecule has 1 aromatic carbocycles. The maximum atomic E-state index is 5.79. The van der Waals surface area contributed by atoms with E-state index in [1.807, 2.05) is 0 Å². The van der Waals surface area contributed by atoms with Crippen molar-refractivity contribution < 1.29 is 0 Å². The van der Waals surface area contributed by atoms with Crippen LogP contribution in [-0.2, 0) is 0 Å². The van der Waals surface area contributed by atoms with Gasteiger partial charge in [-0.1, -0.05) is 29.3 Å². The van der Waals surface area contributed by atoms with Gasteiger partial charge in [0.15, 0.2) is 5.96 Å². The molecule has 0 heterocycles. The number of rotatable bonds is 1. The molecule has 5 heteroatoms. The molecule has 1 aromatic rings. The summed E-state index contributed by atoms with van der Waals surface area (Å²) in [5.74, 6) is -0.0424. The second-order valence-electron chi connectivity index (χ2n) is 2.11. The molecule has 0 amide bonds. The van der Waals surface area contributed by atoms with Crippen LogP contribution in [0.2, 0.25) is 10.0 Å². The third-order valence-electron chi connectivity index (χ3n) is 1.18. The van der Waals surface area contributed by atoms with Crippen molar-refractivity contribution in [2.75, 3.05) is 0 Å². The van der Waals surface area contributed by atoms with E-state index in [0.717, 1.165) is 0 Å². The van der Waals surface area contributed by atoms with Crippen molar-refractivity contribution in [2.24, 2.45) is 16.5 Å². The van der Waals surface area contributed by atoms with Crippen LogP contribution < -0.4 is 11.5 Å². The third-order valence-corrected chi connectivity index (χ3v) is 1.99. The van der Waals surface area contributed by atoms with Gasteiger partial charge >= 0.3 is 0 Å². The van der Waals surface area contributed by atoms with Crippen molar-refractivity contribution in [3.63, 3.8) is 0 Å². The van der Waals surface area contributed by atoms with E-state index in [1.54, 1.807) is 18.2 Å². The Bertz CT molecular complexity index is 318. The van der Waals surface area contributed by atoms with Gasteiger partial charge in [-0.2, -0.15) is 0 Å². The van der Waals surface area contributed by atoms with Gasteiger partial charge < -0.3 is 11.5 Å². The first-order valence-corrected chi connectivity index (χ1v) is 3.90. The quantitative estimate of drug-likeness (QED) is 0.541. The van der Waals surface area contributed by atoms with E-state index in [1.165, 1.54) is 0 Å². The maximum absolute atomic E-state index is 5.79. The Labute approximate surface area is 80.0 Å². The third kappa shape index (κ3) is 2.03. The van der Waals surface area contributed by atoms with Crippen LogP contribution in [0.5, 0.6) is 0 Å². The topological polar surface area (TPSA) is 64.4 Å².